The number of ether oxygens (including phenoxy) is 1. The number of aromatic nitrogens is 1. The van der Waals surface area contributed by atoms with Crippen LogP contribution in [0.2, 0.25) is 5.15 Å². The van der Waals surface area contributed by atoms with Gasteiger partial charge in [-0.2, -0.15) is 11.8 Å². The maximum Gasteiger partial charge on any atom is 0.171 e. The van der Waals surface area contributed by atoms with E-state index in [1.807, 2.05) is 12.3 Å². The Morgan fingerprint density at radius 3 is 3.17 bits per heavy atom. The summed E-state index contributed by atoms with van der Waals surface area (Å²) in [6, 6.07) is 3.62. The summed E-state index contributed by atoms with van der Waals surface area (Å²) in [7, 11) is 0. The minimum atomic E-state index is 0.429. The Kier molecular flexibility index (Phi) is 4.25. The highest BCUT2D eigenvalue weighted by Crippen LogP contribution is 2.20. The van der Waals surface area contributed by atoms with E-state index in [0.29, 0.717) is 17.5 Å². The van der Waals surface area contributed by atoms with Gasteiger partial charge in [0.25, 0.3) is 0 Å². The van der Waals surface area contributed by atoms with Crippen LogP contribution in [0.15, 0.2) is 18.3 Å². The monoisotopic (exact) mass is 203 g/mol. The van der Waals surface area contributed by atoms with E-state index in [0.717, 1.165) is 5.75 Å². The molecule has 0 radical (unpaired) electrons. The molecular weight excluding hydrogens is 194 g/mol. The first-order valence-electron chi connectivity index (χ1n) is 3.57. The third-order valence-corrected chi connectivity index (χ3v) is 2.13. The lowest BCUT2D eigenvalue weighted by Crippen LogP contribution is -2.00. The zero-order valence-electron chi connectivity index (χ0n) is 6.79. The molecule has 0 bridgehead atoms. The third kappa shape index (κ3) is 2.91. The lowest BCUT2D eigenvalue weighted by molar-refractivity contribution is 0.343. The van der Waals surface area contributed by atoms with Gasteiger partial charge in [0.1, 0.15) is 0 Å². The Balaban J connectivity index is 2.46. The lowest BCUT2D eigenvalue weighted by atomic mass is 10.5. The van der Waals surface area contributed by atoms with Crippen LogP contribution in [0.3, 0.4) is 0 Å². The van der Waals surface area contributed by atoms with E-state index in [4.69, 9.17) is 16.3 Å². The van der Waals surface area contributed by atoms with Crippen LogP contribution in [-0.2, 0) is 0 Å². The van der Waals surface area contributed by atoms with E-state index in [1.54, 1.807) is 24.0 Å². The average molecular weight is 204 g/mol. The predicted molar refractivity (Wildman–Crippen MR) is 53.1 cm³/mol. The number of nitrogens with zero attached hydrogens (tertiary/aromatic N) is 1. The third-order valence-electron chi connectivity index (χ3n) is 1.27. The van der Waals surface area contributed by atoms with Crippen molar-refractivity contribution in [1.82, 2.24) is 4.98 Å². The van der Waals surface area contributed by atoms with Crippen molar-refractivity contribution in [2.24, 2.45) is 0 Å². The normalized spacial score (nSPS) is 9.83. The first-order chi connectivity index (χ1) is 5.84. The second-order valence-electron chi connectivity index (χ2n) is 2.13. The van der Waals surface area contributed by atoms with E-state index in [1.165, 1.54) is 0 Å². The zero-order valence-corrected chi connectivity index (χ0v) is 8.36. The molecule has 66 valence electrons. The van der Waals surface area contributed by atoms with Crippen molar-refractivity contribution < 1.29 is 4.74 Å². The molecule has 0 aliphatic carbocycles. The summed E-state index contributed by atoms with van der Waals surface area (Å²) in [5, 5.41) is 0.429. The van der Waals surface area contributed by atoms with Gasteiger partial charge in [0.15, 0.2) is 10.9 Å². The molecule has 0 unspecified atom stereocenters. The molecule has 0 N–H and O–H groups in total. The summed E-state index contributed by atoms with van der Waals surface area (Å²) >= 11 is 7.50. The summed E-state index contributed by atoms with van der Waals surface area (Å²) in [5.41, 5.74) is 0. The Morgan fingerprint density at radius 1 is 1.67 bits per heavy atom. The molecule has 1 aromatic heterocycles. The van der Waals surface area contributed by atoms with E-state index in [2.05, 4.69) is 4.98 Å². The lowest BCUT2D eigenvalue weighted by Gasteiger charge is -2.04. The predicted octanol–water partition coefficient (Wildman–Crippen LogP) is 2.48. The topological polar surface area (TPSA) is 22.1 Å². The molecule has 0 saturated heterocycles. The van der Waals surface area contributed by atoms with E-state index >= 15 is 0 Å². The second kappa shape index (κ2) is 5.27. The molecule has 0 aliphatic rings. The Hall–Kier alpha value is -0.410. The Labute approximate surface area is 81.3 Å². The molecule has 0 spiro atoms. The van der Waals surface area contributed by atoms with Crippen molar-refractivity contribution in [2.45, 2.75) is 0 Å². The summed E-state index contributed by atoms with van der Waals surface area (Å²) in [5.74, 6) is 1.62. The van der Waals surface area contributed by atoms with Gasteiger partial charge in [0.2, 0.25) is 0 Å². The average Bonchev–Trinajstić information content (AvgIpc) is 2.09. The van der Waals surface area contributed by atoms with Crippen molar-refractivity contribution in [3.63, 3.8) is 0 Å². The van der Waals surface area contributed by atoms with Crippen LogP contribution in [0.25, 0.3) is 0 Å². The summed E-state index contributed by atoms with van der Waals surface area (Å²) < 4.78 is 5.36. The van der Waals surface area contributed by atoms with Crippen LogP contribution in [0.4, 0.5) is 0 Å². The first kappa shape index (κ1) is 9.68. The Morgan fingerprint density at radius 2 is 2.50 bits per heavy atom. The van der Waals surface area contributed by atoms with Gasteiger partial charge in [-0.1, -0.05) is 11.6 Å². The Bertz CT molecular complexity index is 244. The van der Waals surface area contributed by atoms with E-state index in [9.17, 15) is 0 Å². The highest BCUT2D eigenvalue weighted by molar-refractivity contribution is 7.98. The molecule has 4 heteroatoms. The molecule has 12 heavy (non-hydrogen) atoms. The van der Waals surface area contributed by atoms with Crippen molar-refractivity contribution in [3.05, 3.63) is 23.5 Å². The van der Waals surface area contributed by atoms with Gasteiger partial charge in [-0.3, -0.25) is 0 Å². The minimum Gasteiger partial charge on any atom is -0.489 e. The van der Waals surface area contributed by atoms with Crippen LogP contribution in [0.5, 0.6) is 5.75 Å². The zero-order chi connectivity index (χ0) is 8.81. The molecule has 1 aromatic rings. The molecule has 0 fully saturated rings. The number of hydrogen-bond donors (Lipinski definition) is 0. The van der Waals surface area contributed by atoms with Crippen LogP contribution >= 0.6 is 23.4 Å². The van der Waals surface area contributed by atoms with Crippen LogP contribution in [0, 0.1) is 0 Å². The quantitative estimate of drug-likeness (QED) is 0.555. The fourth-order valence-electron chi connectivity index (χ4n) is 0.714. The van der Waals surface area contributed by atoms with E-state index in [-0.39, 0.29) is 0 Å². The van der Waals surface area contributed by atoms with Crippen molar-refractivity contribution in [3.8, 4) is 5.75 Å². The van der Waals surface area contributed by atoms with Crippen molar-refractivity contribution in [1.29, 1.82) is 0 Å². The number of thioether (sulfide) groups is 1. The second-order valence-corrected chi connectivity index (χ2v) is 3.48. The van der Waals surface area contributed by atoms with E-state index < -0.39 is 0 Å². The maximum absolute atomic E-state index is 5.76. The number of hydrogen-bond acceptors (Lipinski definition) is 3. The van der Waals surface area contributed by atoms with Gasteiger partial charge >= 0.3 is 0 Å². The molecule has 0 atom stereocenters. The van der Waals surface area contributed by atoms with Crippen molar-refractivity contribution >= 4 is 23.4 Å². The largest absolute Gasteiger partial charge is 0.489 e. The molecule has 2 nitrogen and oxygen atoms in total. The van der Waals surface area contributed by atoms with Gasteiger partial charge in [-0.05, 0) is 18.4 Å². The SMILES string of the molecule is CSCCOc1cccnc1Cl. The van der Waals surface area contributed by atoms with Gasteiger partial charge in [-0.15, -0.1) is 0 Å². The van der Waals surface area contributed by atoms with Gasteiger partial charge in [-0.25, -0.2) is 4.98 Å². The molecule has 1 rings (SSSR count). The maximum atomic E-state index is 5.76. The number of pyridine rings is 1. The molecule has 1 heterocycles. The van der Waals surface area contributed by atoms with Gasteiger partial charge < -0.3 is 4.74 Å². The molecule has 0 aliphatic heterocycles. The molecule has 0 saturated carbocycles. The smallest absolute Gasteiger partial charge is 0.171 e. The van der Waals surface area contributed by atoms with Gasteiger partial charge in [0.05, 0.1) is 6.61 Å². The summed E-state index contributed by atoms with van der Waals surface area (Å²) in [4.78, 5) is 3.89. The highest BCUT2D eigenvalue weighted by Gasteiger charge is 1.99. The highest BCUT2D eigenvalue weighted by atomic mass is 35.5. The van der Waals surface area contributed by atoms with Crippen LogP contribution < -0.4 is 4.74 Å². The number of halogens is 1. The first-order valence-corrected chi connectivity index (χ1v) is 5.34. The fraction of sp³-hybridized carbons (Fsp3) is 0.375. The van der Waals surface area contributed by atoms with Crippen LogP contribution in [0.1, 0.15) is 0 Å². The molecular formula is C8H10ClNOS. The number of rotatable bonds is 4. The standard InChI is InChI=1S/C8H10ClNOS/c1-12-6-5-11-7-3-2-4-10-8(7)9/h2-4H,5-6H2,1H3. The molecule has 0 aromatic carbocycles. The van der Waals surface area contributed by atoms with Gasteiger partial charge in [0, 0.05) is 11.9 Å². The van der Waals surface area contributed by atoms with Crippen molar-refractivity contribution in [2.75, 3.05) is 18.6 Å². The summed E-state index contributed by atoms with van der Waals surface area (Å²) in [6.45, 7) is 0.673. The van der Waals surface area contributed by atoms with Crippen LogP contribution in [-0.4, -0.2) is 23.6 Å². The summed E-state index contributed by atoms with van der Waals surface area (Å²) in [6.07, 6.45) is 3.68. The fourth-order valence-corrected chi connectivity index (χ4v) is 1.14. The molecule has 0 amide bonds. The minimum absolute atomic E-state index is 0.429.